The fourth-order valence-electron chi connectivity index (χ4n) is 1.95. The Morgan fingerprint density at radius 1 is 1.09 bits per heavy atom. The molecular weight excluding hydrogens is 281 g/mol. The number of rotatable bonds is 4. The van der Waals surface area contributed by atoms with E-state index in [1.165, 1.54) is 17.7 Å². The molecule has 3 nitrogen and oxygen atoms in total. The van der Waals surface area contributed by atoms with Crippen molar-refractivity contribution in [3.63, 3.8) is 0 Å². The number of ether oxygens (including phenoxy) is 1. The van der Waals surface area contributed by atoms with Crippen LogP contribution in [0.25, 0.3) is 0 Å². The lowest BCUT2D eigenvalue weighted by Gasteiger charge is -2.19. The number of carbonyl (C=O) groups is 1. The average molecular weight is 301 g/mol. The maximum absolute atomic E-state index is 13.4. The number of halogens is 1. The van der Waals surface area contributed by atoms with Gasteiger partial charge >= 0.3 is 0 Å². The number of benzene rings is 2. The molecule has 0 saturated carbocycles. The van der Waals surface area contributed by atoms with Crippen LogP contribution in [0.4, 0.5) is 10.1 Å². The van der Waals surface area contributed by atoms with Crippen LogP contribution in [0.1, 0.15) is 26.3 Å². The molecule has 0 aliphatic heterocycles. The van der Waals surface area contributed by atoms with Gasteiger partial charge in [-0.2, -0.15) is 0 Å². The summed E-state index contributed by atoms with van der Waals surface area (Å²) >= 11 is 0. The minimum atomic E-state index is -0.467. The van der Waals surface area contributed by atoms with Crippen molar-refractivity contribution in [2.45, 2.75) is 26.2 Å². The van der Waals surface area contributed by atoms with Crippen molar-refractivity contribution < 1.29 is 13.9 Å². The van der Waals surface area contributed by atoms with Crippen molar-refractivity contribution in [1.82, 2.24) is 0 Å². The summed E-state index contributed by atoms with van der Waals surface area (Å²) in [5, 5.41) is 2.48. The highest BCUT2D eigenvalue weighted by atomic mass is 19.1. The van der Waals surface area contributed by atoms with Gasteiger partial charge in [0, 0.05) is 0 Å². The van der Waals surface area contributed by atoms with Crippen LogP contribution in [0, 0.1) is 5.82 Å². The zero-order valence-electron chi connectivity index (χ0n) is 13.0. The molecule has 0 fully saturated rings. The molecule has 1 amide bonds. The normalized spacial score (nSPS) is 11.1. The number of hydrogen-bond donors (Lipinski definition) is 1. The van der Waals surface area contributed by atoms with Crippen LogP contribution in [-0.4, -0.2) is 12.5 Å². The number of nitrogens with one attached hydrogen (secondary N) is 1. The Balaban J connectivity index is 1.90. The zero-order valence-corrected chi connectivity index (χ0v) is 13.0. The molecule has 0 bridgehead atoms. The van der Waals surface area contributed by atoms with Crippen LogP contribution in [0.15, 0.2) is 48.5 Å². The van der Waals surface area contributed by atoms with Gasteiger partial charge < -0.3 is 10.1 Å². The van der Waals surface area contributed by atoms with Crippen molar-refractivity contribution in [2.24, 2.45) is 0 Å². The van der Waals surface area contributed by atoms with Crippen LogP contribution in [0.5, 0.6) is 5.75 Å². The molecule has 0 unspecified atom stereocenters. The lowest BCUT2D eigenvalue weighted by molar-refractivity contribution is -0.118. The van der Waals surface area contributed by atoms with Gasteiger partial charge in [-0.15, -0.1) is 0 Å². The first-order valence-corrected chi connectivity index (χ1v) is 7.14. The minimum absolute atomic E-state index is 0.0702. The van der Waals surface area contributed by atoms with Crippen molar-refractivity contribution in [2.75, 3.05) is 11.9 Å². The largest absolute Gasteiger partial charge is 0.484 e. The Kier molecular flexibility index (Phi) is 4.81. The molecule has 0 radical (unpaired) electrons. The van der Waals surface area contributed by atoms with E-state index in [-0.39, 0.29) is 17.7 Å². The SMILES string of the molecule is CC(C)(C)c1ccc(OCC(=O)Nc2ccccc2F)cc1. The Labute approximate surface area is 130 Å². The second kappa shape index (κ2) is 6.60. The van der Waals surface area contributed by atoms with E-state index < -0.39 is 11.7 Å². The summed E-state index contributed by atoms with van der Waals surface area (Å²) in [7, 11) is 0. The molecule has 0 aromatic heterocycles. The maximum Gasteiger partial charge on any atom is 0.262 e. The van der Waals surface area contributed by atoms with Gasteiger partial charge in [0.15, 0.2) is 6.61 Å². The predicted octanol–water partition coefficient (Wildman–Crippen LogP) is 4.14. The second-order valence-corrected chi connectivity index (χ2v) is 6.09. The number of anilines is 1. The molecule has 1 N–H and O–H groups in total. The van der Waals surface area contributed by atoms with E-state index in [2.05, 4.69) is 26.1 Å². The lowest BCUT2D eigenvalue weighted by atomic mass is 9.87. The molecule has 0 atom stereocenters. The van der Waals surface area contributed by atoms with Crippen LogP contribution >= 0.6 is 0 Å². The number of amides is 1. The molecular formula is C18H20FNO2. The fraction of sp³-hybridized carbons (Fsp3) is 0.278. The standard InChI is InChI=1S/C18H20FNO2/c1-18(2,3)13-8-10-14(11-9-13)22-12-17(21)20-16-7-5-4-6-15(16)19/h4-11H,12H2,1-3H3,(H,20,21). The van der Waals surface area contributed by atoms with Gasteiger partial charge in [-0.3, -0.25) is 4.79 Å². The van der Waals surface area contributed by atoms with E-state index in [0.29, 0.717) is 5.75 Å². The quantitative estimate of drug-likeness (QED) is 0.921. The number of carbonyl (C=O) groups excluding carboxylic acids is 1. The zero-order chi connectivity index (χ0) is 16.2. The first-order chi connectivity index (χ1) is 10.4. The highest BCUT2D eigenvalue weighted by Gasteiger charge is 2.13. The lowest BCUT2D eigenvalue weighted by Crippen LogP contribution is -2.20. The van der Waals surface area contributed by atoms with Gasteiger partial charge in [0.25, 0.3) is 5.91 Å². The van der Waals surface area contributed by atoms with Crippen molar-refractivity contribution in [3.05, 3.63) is 59.9 Å². The van der Waals surface area contributed by atoms with E-state index in [1.807, 2.05) is 24.3 Å². The first kappa shape index (κ1) is 16.0. The van der Waals surface area contributed by atoms with E-state index in [9.17, 15) is 9.18 Å². The third-order valence-electron chi connectivity index (χ3n) is 3.24. The molecule has 116 valence electrons. The molecule has 22 heavy (non-hydrogen) atoms. The molecule has 0 aliphatic carbocycles. The van der Waals surface area contributed by atoms with Gasteiger partial charge in [0.1, 0.15) is 11.6 Å². The maximum atomic E-state index is 13.4. The third-order valence-corrected chi connectivity index (χ3v) is 3.24. The van der Waals surface area contributed by atoms with Crippen molar-refractivity contribution in [1.29, 1.82) is 0 Å². The predicted molar refractivity (Wildman–Crippen MR) is 85.7 cm³/mol. The Morgan fingerprint density at radius 2 is 1.73 bits per heavy atom. The van der Waals surface area contributed by atoms with Crippen molar-refractivity contribution >= 4 is 11.6 Å². The molecule has 0 spiro atoms. The second-order valence-electron chi connectivity index (χ2n) is 6.09. The van der Waals surface area contributed by atoms with Crippen molar-refractivity contribution in [3.8, 4) is 5.75 Å². The molecule has 4 heteroatoms. The van der Waals surface area contributed by atoms with Gasteiger partial charge in [-0.05, 0) is 35.2 Å². The summed E-state index contributed by atoms with van der Waals surface area (Å²) in [5.41, 5.74) is 1.41. The Hall–Kier alpha value is -2.36. The fourth-order valence-corrected chi connectivity index (χ4v) is 1.95. The van der Waals surface area contributed by atoms with Crippen LogP contribution in [-0.2, 0) is 10.2 Å². The summed E-state index contributed by atoms with van der Waals surface area (Å²) in [5.74, 6) is -0.257. The summed E-state index contributed by atoms with van der Waals surface area (Å²) in [6.45, 7) is 6.23. The Bertz CT molecular complexity index is 645. The topological polar surface area (TPSA) is 38.3 Å². The third kappa shape index (κ3) is 4.32. The highest BCUT2D eigenvalue weighted by molar-refractivity contribution is 5.91. The highest BCUT2D eigenvalue weighted by Crippen LogP contribution is 2.24. The van der Waals surface area contributed by atoms with Crippen LogP contribution in [0.3, 0.4) is 0 Å². The van der Waals surface area contributed by atoms with Crippen LogP contribution < -0.4 is 10.1 Å². The van der Waals surface area contributed by atoms with Gasteiger partial charge in [-0.25, -0.2) is 4.39 Å². The Morgan fingerprint density at radius 3 is 2.32 bits per heavy atom. The number of para-hydroxylation sites is 1. The summed E-state index contributed by atoms with van der Waals surface area (Å²) in [4.78, 5) is 11.8. The smallest absolute Gasteiger partial charge is 0.262 e. The molecule has 2 aromatic rings. The van der Waals surface area contributed by atoms with E-state index >= 15 is 0 Å². The van der Waals surface area contributed by atoms with E-state index in [4.69, 9.17) is 4.74 Å². The minimum Gasteiger partial charge on any atom is -0.484 e. The summed E-state index contributed by atoms with van der Waals surface area (Å²) in [6, 6.07) is 13.6. The van der Waals surface area contributed by atoms with E-state index in [1.54, 1.807) is 12.1 Å². The van der Waals surface area contributed by atoms with Gasteiger partial charge in [-0.1, -0.05) is 45.0 Å². The van der Waals surface area contributed by atoms with E-state index in [0.717, 1.165) is 0 Å². The molecule has 0 saturated heterocycles. The van der Waals surface area contributed by atoms with Crippen LogP contribution in [0.2, 0.25) is 0 Å². The molecule has 0 aliphatic rings. The molecule has 2 aromatic carbocycles. The first-order valence-electron chi connectivity index (χ1n) is 7.14. The average Bonchev–Trinajstić information content (AvgIpc) is 2.47. The monoisotopic (exact) mass is 301 g/mol. The number of hydrogen-bond acceptors (Lipinski definition) is 2. The molecule has 0 heterocycles. The van der Waals surface area contributed by atoms with Gasteiger partial charge in [0.2, 0.25) is 0 Å². The summed E-state index contributed by atoms with van der Waals surface area (Å²) < 4.78 is 18.8. The van der Waals surface area contributed by atoms with Gasteiger partial charge in [0.05, 0.1) is 5.69 Å². The molecule has 2 rings (SSSR count). The summed E-state index contributed by atoms with van der Waals surface area (Å²) in [6.07, 6.45) is 0.